The van der Waals surface area contributed by atoms with Crippen LogP contribution in [0.2, 0.25) is 0 Å². The summed E-state index contributed by atoms with van der Waals surface area (Å²) in [7, 11) is 0. The number of rotatable bonds is 8. The van der Waals surface area contributed by atoms with Gasteiger partial charge in [0.25, 0.3) is 0 Å². The molecular formula is C120H70N10. The van der Waals surface area contributed by atoms with E-state index >= 15 is 0 Å². The fourth-order valence-electron chi connectivity index (χ4n) is 22.4. The topological polar surface area (TPSA) is 80.1 Å². The molecule has 0 N–H and O–H groups in total. The summed E-state index contributed by atoms with van der Waals surface area (Å²) >= 11 is 0. The second-order valence-corrected chi connectivity index (χ2v) is 34.6. The van der Waals surface area contributed by atoms with Crippen molar-refractivity contribution in [2.75, 3.05) is 0 Å². The van der Waals surface area contributed by atoms with Crippen LogP contribution < -0.4 is 0 Å². The Morgan fingerprint density at radius 3 is 0.885 bits per heavy atom. The molecule has 30 rings (SSSR count). The highest BCUT2D eigenvalue weighted by Gasteiger charge is 2.30. The van der Waals surface area contributed by atoms with Crippen LogP contribution in [0.5, 0.6) is 0 Å². The summed E-state index contributed by atoms with van der Waals surface area (Å²) in [5, 5.41) is 25.1. The summed E-state index contributed by atoms with van der Waals surface area (Å²) in [6, 6.07) is 154. The van der Waals surface area contributed by atoms with E-state index in [0.717, 1.165) is 101 Å². The molecular weight excluding hydrogens is 1580 g/mol. The van der Waals surface area contributed by atoms with Gasteiger partial charge in [-0.05, 0) is 173 Å². The average Bonchev–Trinajstić information content (AvgIpc) is 1.51. The van der Waals surface area contributed by atoms with E-state index in [9.17, 15) is 0 Å². The molecule has 10 aromatic heterocycles. The van der Waals surface area contributed by atoms with E-state index in [0.29, 0.717) is 0 Å². The Kier molecular flexibility index (Phi) is 14.7. The monoisotopic (exact) mass is 1650 g/mol. The Bertz CT molecular complexity index is 10100. The van der Waals surface area contributed by atoms with Crippen molar-refractivity contribution in [3.05, 3.63) is 425 Å². The van der Waals surface area contributed by atoms with Gasteiger partial charge in [-0.2, -0.15) is 0 Å². The molecule has 30 aromatic rings. The molecule has 0 aliphatic carbocycles. The first-order valence-electron chi connectivity index (χ1n) is 44.5. The van der Waals surface area contributed by atoms with Gasteiger partial charge in [-0.25, -0.2) is 19.9 Å². The third-order valence-corrected chi connectivity index (χ3v) is 27.8. The van der Waals surface area contributed by atoms with Crippen molar-refractivity contribution in [1.29, 1.82) is 0 Å². The number of hydrogen-bond acceptors (Lipinski definition) is 4. The Morgan fingerprint density at radius 1 is 0.146 bits per heavy atom. The predicted molar refractivity (Wildman–Crippen MR) is 543 cm³/mol. The highest BCUT2D eigenvalue weighted by atomic mass is 15.0. The van der Waals surface area contributed by atoms with E-state index in [4.69, 9.17) is 19.9 Å². The molecule has 0 radical (unpaired) electrons. The van der Waals surface area contributed by atoms with Gasteiger partial charge >= 0.3 is 0 Å². The van der Waals surface area contributed by atoms with Gasteiger partial charge in [-0.1, -0.05) is 273 Å². The van der Waals surface area contributed by atoms with Gasteiger partial charge in [0.2, 0.25) is 0 Å². The molecule has 20 aromatic carbocycles. The molecule has 0 aliphatic rings. The minimum absolute atomic E-state index is 0.851. The van der Waals surface area contributed by atoms with E-state index in [1.807, 2.05) is 24.3 Å². The van der Waals surface area contributed by atoms with Crippen molar-refractivity contribution in [2.45, 2.75) is 0 Å². The second kappa shape index (κ2) is 27.0. The van der Waals surface area contributed by atoms with Crippen molar-refractivity contribution < 1.29 is 0 Å². The second-order valence-electron chi connectivity index (χ2n) is 34.6. The molecule has 0 bridgehead atoms. The van der Waals surface area contributed by atoms with E-state index in [2.05, 4.69) is 427 Å². The van der Waals surface area contributed by atoms with E-state index < -0.39 is 0 Å². The summed E-state index contributed by atoms with van der Waals surface area (Å²) in [6.45, 7) is 0. The van der Waals surface area contributed by atoms with Gasteiger partial charge in [0, 0.05) is 131 Å². The van der Waals surface area contributed by atoms with Crippen LogP contribution in [-0.4, -0.2) is 47.0 Å². The fraction of sp³-hybridized carbons (Fsp3) is 0. The molecule has 0 amide bonds. The number of nitrogens with zero attached hydrogens (tertiary/aromatic N) is 10. The maximum absolute atomic E-state index is 5.38. The lowest BCUT2D eigenvalue weighted by atomic mass is 9.99. The first-order chi connectivity index (χ1) is 64.5. The van der Waals surface area contributed by atoms with E-state index in [1.54, 1.807) is 0 Å². The molecule has 10 heterocycles. The van der Waals surface area contributed by atoms with E-state index in [-0.39, 0.29) is 0 Å². The normalized spacial score (nSPS) is 12.3. The van der Waals surface area contributed by atoms with Crippen LogP contribution in [0.25, 0.3) is 275 Å². The molecule has 0 aliphatic heterocycles. The fourth-order valence-corrected chi connectivity index (χ4v) is 22.4. The van der Waals surface area contributed by atoms with Gasteiger partial charge in [-0.15, -0.1) is 0 Å². The highest BCUT2D eigenvalue weighted by molar-refractivity contribution is 6.40. The van der Waals surface area contributed by atoms with Crippen molar-refractivity contribution >= 4 is 207 Å². The maximum Gasteiger partial charge on any atom is 0.0973 e. The summed E-state index contributed by atoms with van der Waals surface area (Å²) in [6.07, 6.45) is 0. The van der Waals surface area contributed by atoms with Crippen molar-refractivity contribution in [3.8, 4) is 67.8 Å². The minimum Gasteiger partial charge on any atom is -0.309 e. The number of hydrogen-bond donors (Lipinski definition) is 0. The maximum atomic E-state index is 5.38. The first kappa shape index (κ1) is 70.8. The average molecular weight is 1650 g/mol. The quantitative estimate of drug-likeness (QED) is 0.152. The molecule has 130 heavy (non-hydrogen) atoms. The van der Waals surface area contributed by atoms with Gasteiger partial charge < -0.3 is 27.1 Å². The molecule has 10 nitrogen and oxygen atoms in total. The largest absolute Gasteiger partial charge is 0.309 e. The van der Waals surface area contributed by atoms with Crippen molar-refractivity contribution in [1.82, 2.24) is 47.0 Å². The molecule has 600 valence electrons. The lowest BCUT2D eigenvalue weighted by Crippen LogP contribution is -1.98. The smallest absolute Gasteiger partial charge is 0.0973 e. The minimum atomic E-state index is 0.851. The van der Waals surface area contributed by atoms with Gasteiger partial charge in [0.15, 0.2) is 0 Å². The Labute approximate surface area is 741 Å². The third kappa shape index (κ3) is 9.95. The Morgan fingerprint density at radius 2 is 0.438 bits per heavy atom. The SMILES string of the molecule is c1ccc(-n2c3ccccc3c3cc(-c4nc5ccccc5nc4-c4ccc(-n5c6ccc7ccccc7c6c6c7c8ccccc8n8c9ccccc9c(cc65)c78)cc4)ccc32)cc1.c1ccc(-n2c3ccccc3c3ccc(-c4nc5ccccc5nc4-c4ccc(-n5c6ccc7ccccc7c6c6c7c8ccccc8n8c9ccccc9c(cc65)c78)cc4)cc32)cc1. The molecule has 0 saturated heterocycles. The standard InChI is InChI=1S/2C60H35N5/c1-2-15-39(16-3-1)63-49-23-11-6-18-42(49)45-34-38(29-32-52(45)63)59-58(61-47-21-9-10-22-48(47)62-59)37-26-30-40(31-27-37)64-53-33-28-36-14-4-5-17-41(36)55(53)57-54(64)35-46-43-19-7-12-24-50(43)65-51-25-13-8-20-44(51)56(57)60(46)65;1-2-15-39(16-3-1)63-49-23-11-6-18-42(49)44-32-28-38(34-53(44)63)59-58(61-47-21-9-10-22-48(47)62-59)37-26-30-40(31-27-37)64-52-33-29-36-14-4-5-17-41(36)55(52)57-54(64)35-46-43-19-7-12-24-50(43)65-51-25-13-8-20-45(51)56(57)60(46)65/h2*1-35H. The van der Waals surface area contributed by atoms with Crippen LogP contribution in [-0.2, 0) is 0 Å². The van der Waals surface area contributed by atoms with Crippen LogP contribution in [0.15, 0.2) is 425 Å². The van der Waals surface area contributed by atoms with Crippen LogP contribution in [0.1, 0.15) is 0 Å². The summed E-state index contributed by atoms with van der Waals surface area (Å²) in [5.41, 5.74) is 32.3. The van der Waals surface area contributed by atoms with Crippen LogP contribution >= 0.6 is 0 Å². The summed E-state index contributed by atoms with van der Waals surface area (Å²) in [4.78, 5) is 21.5. The van der Waals surface area contributed by atoms with Gasteiger partial charge in [-0.3, -0.25) is 0 Å². The van der Waals surface area contributed by atoms with Crippen LogP contribution in [0, 0.1) is 0 Å². The number of benzene rings is 20. The van der Waals surface area contributed by atoms with Crippen molar-refractivity contribution in [3.63, 3.8) is 0 Å². The summed E-state index contributed by atoms with van der Waals surface area (Å²) in [5.74, 6) is 0. The van der Waals surface area contributed by atoms with Crippen molar-refractivity contribution in [2.24, 2.45) is 0 Å². The number of aromatic nitrogens is 10. The molecule has 0 spiro atoms. The molecule has 0 fully saturated rings. The lowest BCUT2D eigenvalue weighted by Gasteiger charge is -2.13. The lowest BCUT2D eigenvalue weighted by molar-refractivity contribution is 1.18. The zero-order valence-electron chi connectivity index (χ0n) is 69.9. The molecule has 0 unspecified atom stereocenters. The molecule has 0 atom stereocenters. The predicted octanol–water partition coefficient (Wildman–Crippen LogP) is 30.9. The third-order valence-electron chi connectivity index (χ3n) is 27.8. The molecule has 10 heteroatoms. The highest BCUT2D eigenvalue weighted by Crippen LogP contribution is 2.52. The number of para-hydroxylation sites is 12. The zero-order chi connectivity index (χ0) is 84.7. The number of fused-ring (bicyclic) bond motifs is 32. The Balaban J connectivity index is 0.000000128. The van der Waals surface area contributed by atoms with Gasteiger partial charge in [0.05, 0.1) is 122 Å². The van der Waals surface area contributed by atoms with Gasteiger partial charge in [0.1, 0.15) is 0 Å². The summed E-state index contributed by atoms with van der Waals surface area (Å²) < 4.78 is 14.6. The van der Waals surface area contributed by atoms with Crippen LogP contribution in [0.3, 0.4) is 0 Å². The molecule has 0 saturated carbocycles. The zero-order valence-corrected chi connectivity index (χ0v) is 69.9. The van der Waals surface area contributed by atoms with Crippen LogP contribution in [0.4, 0.5) is 0 Å². The first-order valence-corrected chi connectivity index (χ1v) is 44.5. The Hall–Kier alpha value is -17.6. The van der Waals surface area contributed by atoms with E-state index in [1.165, 1.54) is 174 Å².